The van der Waals surface area contributed by atoms with Gasteiger partial charge in [0.05, 0.1) is 11.5 Å². The molecule has 0 unspecified atom stereocenters. The fourth-order valence-corrected chi connectivity index (χ4v) is 1.87. The third-order valence-electron chi connectivity index (χ3n) is 2.91. The van der Waals surface area contributed by atoms with Crippen LogP contribution in [0.2, 0.25) is 0 Å². The molecule has 0 spiro atoms. The van der Waals surface area contributed by atoms with E-state index in [9.17, 15) is 10.1 Å². The highest BCUT2D eigenvalue weighted by Crippen LogP contribution is 2.12. The Morgan fingerprint density at radius 1 is 1.14 bits per heavy atom. The Bertz CT molecular complexity index is 659. The van der Waals surface area contributed by atoms with Gasteiger partial charge in [-0.3, -0.25) is 15.1 Å². The molecule has 0 N–H and O–H groups in total. The van der Waals surface area contributed by atoms with Gasteiger partial charge in [0.1, 0.15) is 0 Å². The van der Waals surface area contributed by atoms with Gasteiger partial charge in [-0.05, 0) is 23.6 Å². The molecule has 4 heteroatoms. The van der Waals surface area contributed by atoms with Crippen molar-refractivity contribution in [2.75, 3.05) is 0 Å². The summed E-state index contributed by atoms with van der Waals surface area (Å²) < 4.78 is 0. The first-order valence-corrected chi connectivity index (χ1v) is 6.61. The lowest BCUT2D eigenvalue weighted by molar-refractivity contribution is -0.384. The number of rotatable bonds is 5. The fourth-order valence-electron chi connectivity index (χ4n) is 1.87. The van der Waals surface area contributed by atoms with E-state index in [1.165, 1.54) is 12.1 Å². The number of nitro groups is 1. The van der Waals surface area contributed by atoms with Crippen LogP contribution in [0, 0.1) is 10.1 Å². The van der Waals surface area contributed by atoms with Crippen LogP contribution >= 0.6 is 0 Å². The molecular formula is C17H16N2O2. The number of benzene rings is 2. The summed E-state index contributed by atoms with van der Waals surface area (Å²) in [5, 5.41) is 10.6. The molecule has 0 fully saturated rings. The Balaban J connectivity index is 1.95. The quantitative estimate of drug-likeness (QED) is 0.466. The number of hydrogen-bond donors (Lipinski definition) is 0. The Hall–Kier alpha value is -2.75. The van der Waals surface area contributed by atoms with Crippen LogP contribution in [-0.4, -0.2) is 11.1 Å². The normalized spacial score (nSPS) is 11.8. The molecule has 0 heterocycles. The van der Waals surface area contributed by atoms with Gasteiger partial charge < -0.3 is 0 Å². The van der Waals surface area contributed by atoms with Crippen molar-refractivity contribution in [1.29, 1.82) is 0 Å². The van der Waals surface area contributed by atoms with Crippen molar-refractivity contribution < 1.29 is 4.92 Å². The summed E-state index contributed by atoms with van der Waals surface area (Å²) in [4.78, 5) is 14.5. The molecule has 0 aliphatic carbocycles. The van der Waals surface area contributed by atoms with E-state index in [1.807, 2.05) is 43.5 Å². The maximum atomic E-state index is 10.6. The Morgan fingerprint density at radius 3 is 2.43 bits per heavy atom. The molecule has 0 bridgehead atoms. The topological polar surface area (TPSA) is 55.5 Å². The zero-order valence-corrected chi connectivity index (χ0v) is 11.8. The molecule has 0 aliphatic heterocycles. The van der Waals surface area contributed by atoms with Crippen molar-refractivity contribution in [2.45, 2.75) is 13.5 Å². The molecule has 2 rings (SSSR count). The third kappa shape index (κ3) is 4.69. The highest BCUT2D eigenvalue weighted by molar-refractivity contribution is 5.84. The summed E-state index contributed by atoms with van der Waals surface area (Å²) >= 11 is 0. The van der Waals surface area contributed by atoms with Crippen LogP contribution in [0.15, 0.2) is 65.2 Å². The lowest BCUT2D eigenvalue weighted by atomic mass is 10.1. The molecule has 0 amide bonds. The van der Waals surface area contributed by atoms with Crippen LogP contribution in [-0.2, 0) is 6.54 Å². The smallest absolute Gasteiger partial charge is 0.269 e. The largest absolute Gasteiger partial charge is 0.288 e. The van der Waals surface area contributed by atoms with Gasteiger partial charge in [-0.1, -0.05) is 48.5 Å². The number of non-ortho nitro benzene ring substituents is 1. The maximum Gasteiger partial charge on any atom is 0.269 e. The van der Waals surface area contributed by atoms with E-state index in [0.717, 1.165) is 16.7 Å². The predicted octanol–water partition coefficient (Wildman–Crippen LogP) is 4.27. The van der Waals surface area contributed by atoms with Crippen LogP contribution in [0.25, 0.3) is 6.08 Å². The minimum Gasteiger partial charge on any atom is -0.288 e. The number of nitrogens with zero attached hydrogens (tertiary/aromatic N) is 2. The summed E-state index contributed by atoms with van der Waals surface area (Å²) in [7, 11) is 0. The van der Waals surface area contributed by atoms with Gasteiger partial charge in [-0.25, -0.2) is 0 Å². The van der Waals surface area contributed by atoms with Crippen molar-refractivity contribution >= 4 is 18.0 Å². The van der Waals surface area contributed by atoms with Crippen LogP contribution in [0.3, 0.4) is 0 Å². The zero-order valence-electron chi connectivity index (χ0n) is 11.8. The molecule has 2 aromatic rings. The second kappa shape index (κ2) is 7.14. The lowest BCUT2D eigenvalue weighted by Crippen LogP contribution is -1.89. The molecule has 0 saturated heterocycles. The van der Waals surface area contributed by atoms with Crippen LogP contribution < -0.4 is 0 Å². The van der Waals surface area contributed by atoms with Gasteiger partial charge in [0, 0.05) is 18.3 Å². The molecular weight excluding hydrogens is 264 g/mol. The average Bonchev–Trinajstić information content (AvgIpc) is 2.49. The van der Waals surface area contributed by atoms with E-state index in [0.29, 0.717) is 6.54 Å². The fraction of sp³-hybridized carbons (Fsp3) is 0.118. The molecule has 0 aromatic heterocycles. The minimum absolute atomic E-state index is 0.0999. The number of aliphatic imine (C=N–C) groups is 1. The van der Waals surface area contributed by atoms with E-state index >= 15 is 0 Å². The van der Waals surface area contributed by atoms with E-state index in [4.69, 9.17) is 0 Å². The van der Waals surface area contributed by atoms with Gasteiger partial charge in [0.2, 0.25) is 0 Å². The maximum absolute atomic E-state index is 10.6. The number of nitro benzene ring substituents is 1. The van der Waals surface area contributed by atoms with E-state index in [1.54, 1.807) is 12.1 Å². The first kappa shape index (κ1) is 14.7. The standard InChI is InChI=1S/C17H16N2O2/c1-14(11-15-5-3-2-4-6-15)12-18-13-16-7-9-17(10-8-16)19(20)21/h2-12H,13H2,1H3/b14-11+,18-12?. The van der Waals surface area contributed by atoms with Crippen molar-refractivity contribution in [3.8, 4) is 0 Å². The van der Waals surface area contributed by atoms with Gasteiger partial charge in [0.15, 0.2) is 0 Å². The first-order chi connectivity index (χ1) is 10.1. The van der Waals surface area contributed by atoms with Gasteiger partial charge in [-0.2, -0.15) is 0 Å². The highest BCUT2D eigenvalue weighted by atomic mass is 16.6. The summed E-state index contributed by atoms with van der Waals surface area (Å²) in [6.07, 6.45) is 3.87. The van der Waals surface area contributed by atoms with Gasteiger partial charge >= 0.3 is 0 Å². The second-order valence-electron chi connectivity index (χ2n) is 4.69. The summed E-state index contributed by atoms with van der Waals surface area (Å²) in [5.74, 6) is 0. The summed E-state index contributed by atoms with van der Waals surface area (Å²) in [6.45, 7) is 2.50. The number of hydrogen-bond acceptors (Lipinski definition) is 3. The average molecular weight is 280 g/mol. The lowest BCUT2D eigenvalue weighted by Gasteiger charge is -1.97. The van der Waals surface area contributed by atoms with Crippen LogP contribution in [0.1, 0.15) is 18.1 Å². The molecule has 4 nitrogen and oxygen atoms in total. The van der Waals surface area contributed by atoms with Crippen molar-refractivity contribution in [3.63, 3.8) is 0 Å². The molecule has 106 valence electrons. The van der Waals surface area contributed by atoms with Gasteiger partial charge in [-0.15, -0.1) is 0 Å². The Labute approximate surface area is 123 Å². The Kier molecular flexibility index (Phi) is 4.99. The molecule has 2 aromatic carbocycles. The molecule has 0 saturated carbocycles. The zero-order chi connectivity index (χ0) is 15.1. The van der Waals surface area contributed by atoms with E-state index in [2.05, 4.69) is 11.1 Å². The number of allylic oxidation sites excluding steroid dienone is 1. The molecule has 0 atom stereocenters. The SMILES string of the molecule is C/C(C=NCc1ccc([N+](=O)[O-])cc1)=C\c1ccccc1. The molecule has 0 aliphatic rings. The van der Waals surface area contributed by atoms with Crippen LogP contribution in [0.5, 0.6) is 0 Å². The van der Waals surface area contributed by atoms with Crippen molar-refractivity contribution in [1.82, 2.24) is 0 Å². The minimum atomic E-state index is -0.403. The van der Waals surface area contributed by atoms with E-state index in [-0.39, 0.29) is 5.69 Å². The first-order valence-electron chi connectivity index (χ1n) is 6.61. The predicted molar refractivity (Wildman–Crippen MR) is 85.4 cm³/mol. The molecule has 0 radical (unpaired) electrons. The third-order valence-corrected chi connectivity index (χ3v) is 2.91. The summed E-state index contributed by atoms with van der Waals surface area (Å²) in [6, 6.07) is 16.5. The highest BCUT2D eigenvalue weighted by Gasteiger charge is 2.02. The Morgan fingerprint density at radius 2 is 1.81 bits per heavy atom. The summed E-state index contributed by atoms with van der Waals surface area (Å²) in [5.41, 5.74) is 3.24. The van der Waals surface area contributed by atoms with E-state index < -0.39 is 4.92 Å². The molecule has 21 heavy (non-hydrogen) atoms. The monoisotopic (exact) mass is 280 g/mol. The van der Waals surface area contributed by atoms with Crippen molar-refractivity contribution in [2.24, 2.45) is 4.99 Å². The van der Waals surface area contributed by atoms with Gasteiger partial charge in [0.25, 0.3) is 5.69 Å². The van der Waals surface area contributed by atoms with Crippen LogP contribution in [0.4, 0.5) is 5.69 Å². The second-order valence-corrected chi connectivity index (χ2v) is 4.69. The van der Waals surface area contributed by atoms with Crippen molar-refractivity contribution in [3.05, 3.63) is 81.4 Å².